The molecule has 1 saturated heterocycles. The van der Waals surface area contributed by atoms with Crippen LogP contribution in [0.25, 0.3) is 0 Å². The molecule has 2 amide bonds. The summed E-state index contributed by atoms with van der Waals surface area (Å²) in [6.45, 7) is 3.48. The molecule has 6 nitrogen and oxygen atoms in total. The predicted molar refractivity (Wildman–Crippen MR) is 69.8 cm³/mol. The monoisotopic (exact) mass is 265 g/mol. The number of nitrogens with zero attached hydrogens (tertiary/aromatic N) is 2. The summed E-state index contributed by atoms with van der Waals surface area (Å²) in [7, 11) is 3.38. The maximum absolute atomic E-state index is 12.5. The highest BCUT2D eigenvalue weighted by Crippen LogP contribution is 2.16. The molecular weight excluding hydrogens is 246 g/mol. The Morgan fingerprint density at radius 2 is 2.21 bits per heavy atom. The fourth-order valence-corrected chi connectivity index (χ4v) is 2.19. The topological polar surface area (TPSA) is 65.8 Å². The summed E-state index contributed by atoms with van der Waals surface area (Å²) in [5.41, 5.74) is 0.791. The van der Waals surface area contributed by atoms with E-state index in [4.69, 9.17) is 4.42 Å². The number of piperazine rings is 1. The van der Waals surface area contributed by atoms with Gasteiger partial charge < -0.3 is 19.5 Å². The molecule has 2 heterocycles. The van der Waals surface area contributed by atoms with Gasteiger partial charge in [0.25, 0.3) is 5.91 Å². The predicted octanol–water partition coefficient (Wildman–Crippen LogP) is 0.0902. The van der Waals surface area contributed by atoms with Crippen molar-refractivity contribution in [3.8, 4) is 0 Å². The Kier molecular flexibility index (Phi) is 3.90. The van der Waals surface area contributed by atoms with Crippen LogP contribution < -0.4 is 5.32 Å². The number of hydrogen-bond donors (Lipinski definition) is 1. The molecule has 1 fully saturated rings. The van der Waals surface area contributed by atoms with Crippen LogP contribution in [0.15, 0.2) is 16.7 Å². The Hall–Kier alpha value is -1.82. The van der Waals surface area contributed by atoms with Crippen LogP contribution in [0.5, 0.6) is 0 Å². The quantitative estimate of drug-likeness (QED) is 0.823. The van der Waals surface area contributed by atoms with Crippen LogP contribution in [-0.2, 0) is 4.79 Å². The van der Waals surface area contributed by atoms with Gasteiger partial charge in [-0.05, 0) is 13.0 Å². The smallest absolute Gasteiger partial charge is 0.290 e. The Bertz CT molecular complexity index is 481. The number of amides is 2. The molecule has 6 heteroatoms. The highest BCUT2D eigenvalue weighted by Gasteiger charge is 2.34. The second-order valence-corrected chi connectivity index (χ2v) is 4.88. The minimum absolute atomic E-state index is 0.0789. The maximum Gasteiger partial charge on any atom is 0.290 e. The normalized spacial score (nSPS) is 19.3. The maximum atomic E-state index is 12.5. The van der Waals surface area contributed by atoms with Gasteiger partial charge in [0.15, 0.2) is 5.76 Å². The lowest BCUT2D eigenvalue weighted by Gasteiger charge is -2.36. The Labute approximate surface area is 112 Å². The first-order valence-corrected chi connectivity index (χ1v) is 6.29. The van der Waals surface area contributed by atoms with Crippen molar-refractivity contribution < 1.29 is 14.0 Å². The van der Waals surface area contributed by atoms with Gasteiger partial charge in [-0.15, -0.1) is 0 Å². The summed E-state index contributed by atoms with van der Waals surface area (Å²) in [6.07, 6.45) is 1.49. The molecule has 2 rings (SSSR count). The Morgan fingerprint density at radius 1 is 1.47 bits per heavy atom. The summed E-state index contributed by atoms with van der Waals surface area (Å²) in [5.74, 6) is 0.0208. The fraction of sp³-hybridized carbons (Fsp3) is 0.538. The van der Waals surface area contributed by atoms with E-state index in [0.29, 0.717) is 25.4 Å². The zero-order valence-corrected chi connectivity index (χ0v) is 11.5. The van der Waals surface area contributed by atoms with E-state index in [2.05, 4.69) is 5.32 Å². The summed E-state index contributed by atoms with van der Waals surface area (Å²) in [6, 6.07) is 1.28. The van der Waals surface area contributed by atoms with E-state index >= 15 is 0 Å². The second kappa shape index (κ2) is 5.44. The summed E-state index contributed by atoms with van der Waals surface area (Å²) < 4.78 is 5.23. The lowest BCUT2D eigenvalue weighted by atomic mass is 10.1. The molecule has 1 atom stereocenters. The number of carbonyl (C=O) groups excluding carboxylic acids is 2. The lowest BCUT2D eigenvalue weighted by molar-refractivity contribution is -0.134. The van der Waals surface area contributed by atoms with Gasteiger partial charge in [0.2, 0.25) is 5.91 Å². The molecule has 1 N–H and O–H groups in total. The third kappa shape index (κ3) is 2.63. The van der Waals surface area contributed by atoms with Gasteiger partial charge >= 0.3 is 0 Å². The average Bonchev–Trinajstić information content (AvgIpc) is 2.83. The van der Waals surface area contributed by atoms with Crippen molar-refractivity contribution in [2.24, 2.45) is 0 Å². The molecule has 1 aromatic heterocycles. The van der Waals surface area contributed by atoms with Crippen molar-refractivity contribution in [2.45, 2.75) is 13.0 Å². The standard InChI is InChI=1S/C13H19N3O3/c1-9-4-7-19-11(9)13(18)16-6-5-14-8-10(16)12(17)15(2)3/h4,7,10,14H,5-6,8H2,1-3H3. The molecule has 0 radical (unpaired) electrons. The van der Waals surface area contributed by atoms with Crippen molar-refractivity contribution in [1.29, 1.82) is 0 Å². The van der Waals surface area contributed by atoms with E-state index in [1.165, 1.54) is 11.2 Å². The number of hydrogen-bond acceptors (Lipinski definition) is 4. The van der Waals surface area contributed by atoms with Gasteiger partial charge in [-0.2, -0.15) is 0 Å². The van der Waals surface area contributed by atoms with Gasteiger partial charge in [0, 0.05) is 39.3 Å². The van der Waals surface area contributed by atoms with E-state index < -0.39 is 6.04 Å². The molecule has 0 aromatic carbocycles. The van der Waals surface area contributed by atoms with Crippen LogP contribution in [0, 0.1) is 6.92 Å². The zero-order chi connectivity index (χ0) is 14.0. The van der Waals surface area contributed by atoms with Crippen LogP contribution in [0.2, 0.25) is 0 Å². The molecule has 0 spiro atoms. The van der Waals surface area contributed by atoms with E-state index in [1.807, 2.05) is 6.92 Å². The van der Waals surface area contributed by atoms with Gasteiger partial charge in [0.05, 0.1) is 6.26 Å². The molecule has 0 saturated carbocycles. The van der Waals surface area contributed by atoms with Gasteiger partial charge in [-0.3, -0.25) is 9.59 Å². The van der Waals surface area contributed by atoms with Crippen LogP contribution >= 0.6 is 0 Å². The van der Waals surface area contributed by atoms with Crippen LogP contribution in [-0.4, -0.2) is 61.4 Å². The molecule has 19 heavy (non-hydrogen) atoms. The highest BCUT2D eigenvalue weighted by atomic mass is 16.3. The second-order valence-electron chi connectivity index (χ2n) is 4.88. The summed E-state index contributed by atoms with van der Waals surface area (Å²) in [5, 5.41) is 3.14. The van der Waals surface area contributed by atoms with Crippen molar-refractivity contribution in [3.05, 3.63) is 23.7 Å². The minimum atomic E-state index is -0.472. The number of aryl methyl sites for hydroxylation is 1. The molecule has 1 aliphatic heterocycles. The van der Waals surface area contributed by atoms with E-state index in [-0.39, 0.29) is 11.8 Å². The SMILES string of the molecule is Cc1ccoc1C(=O)N1CCNCC1C(=O)N(C)C. The van der Waals surface area contributed by atoms with E-state index in [1.54, 1.807) is 25.1 Å². The fourth-order valence-electron chi connectivity index (χ4n) is 2.19. The number of likely N-dealkylation sites (N-methyl/N-ethyl adjacent to an activating group) is 1. The average molecular weight is 265 g/mol. The number of carbonyl (C=O) groups is 2. The van der Waals surface area contributed by atoms with Crippen LogP contribution in [0.1, 0.15) is 16.1 Å². The Morgan fingerprint density at radius 3 is 2.79 bits per heavy atom. The van der Waals surface area contributed by atoms with Crippen molar-refractivity contribution in [2.75, 3.05) is 33.7 Å². The van der Waals surface area contributed by atoms with E-state index in [9.17, 15) is 9.59 Å². The van der Waals surface area contributed by atoms with E-state index in [0.717, 1.165) is 5.56 Å². The number of nitrogens with one attached hydrogen (secondary N) is 1. The van der Waals surface area contributed by atoms with Crippen LogP contribution in [0.3, 0.4) is 0 Å². The van der Waals surface area contributed by atoms with Gasteiger partial charge in [0.1, 0.15) is 6.04 Å². The largest absolute Gasteiger partial charge is 0.459 e. The van der Waals surface area contributed by atoms with Gasteiger partial charge in [-0.1, -0.05) is 0 Å². The van der Waals surface area contributed by atoms with Crippen LogP contribution in [0.4, 0.5) is 0 Å². The molecule has 104 valence electrons. The molecule has 1 unspecified atom stereocenters. The summed E-state index contributed by atoms with van der Waals surface area (Å²) in [4.78, 5) is 27.7. The Balaban J connectivity index is 2.23. The molecule has 1 aliphatic rings. The first-order chi connectivity index (χ1) is 9.02. The minimum Gasteiger partial charge on any atom is -0.459 e. The first kappa shape index (κ1) is 13.6. The van der Waals surface area contributed by atoms with Crippen molar-refractivity contribution in [1.82, 2.24) is 15.1 Å². The highest BCUT2D eigenvalue weighted by molar-refractivity contribution is 5.96. The van der Waals surface area contributed by atoms with Gasteiger partial charge in [-0.25, -0.2) is 0 Å². The summed E-state index contributed by atoms with van der Waals surface area (Å²) >= 11 is 0. The molecule has 0 bridgehead atoms. The molecule has 1 aromatic rings. The number of furan rings is 1. The third-order valence-electron chi connectivity index (χ3n) is 3.29. The van der Waals surface area contributed by atoms with Crippen molar-refractivity contribution in [3.63, 3.8) is 0 Å². The third-order valence-corrected chi connectivity index (χ3v) is 3.29. The molecule has 0 aliphatic carbocycles. The lowest BCUT2D eigenvalue weighted by Crippen LogP contribution is -2.59. The number of rotatable bonds is 2. The first-order valence-electron chi connectivity index (χ1n) is 6.29. The molecular formula is C13H19N3O3. The zero-order valence-electron chi connectivity index (χ0n) is 11.5. The van der Waals surface area contributed by atoms with Crippen molar-refractivity contribution >= 4 is 11.8 Å².